The first-order chi connectivity index (χ1) is 12.5. The van der Waals surface area contributed by atoms with Crippen molar-refractivity contribution in [2.24, 2.45) is 11.8 Å². The summed E-state index contributed by atoms with van der Waals surface area (Å²) in [6, 6.07) is 6.03. The second-order valence-electron chi connectivity index (χ2n) is 7.40. The first-order valence-corrected chi connectivity index (χ1v) is 10.7. The van der Waals surface area contributed by atoms with Gasteiger partial charge in [-0.15, -0.1) is 0 Å². The Bertz CT molecular complexity index is 718. The molecule has 0 amide bonds. The highest BCUT2D eigenvalue weighted by Gasteiger charge is 2.22. The SMILES string of the molecule is CC(C)COc1ccc2c(N3CCC(CCP(O)O)CC3)ncnc2c1. The van der Waals surface area contributed by atoms with Gasteiger partial charge in [-0.1, -0.05) is 13.8 Å². The van der Waals surface area contributed by atoms with E-state index in [1.165, 1.54) is 0 Å². The molecule has 0 bridgehead atoms. The van der Waals surface area contributed by atoms with Gasteiger partial charge in [0.15, 0.2) is 8.38 Å². The molecule has 1 aromatic carbocycles. The van der Waals surface area contributed by atoms with E-state index >= 15 is 0 Å². The summed E-state index contributed by atoms with van der Waals surface area (Å²) < 4.78 is 5.81. The van der Waals surface area contributed by atoms with Gasteiger partial charge in [0.1, 0.15) is 17.9 Å². The molecule has 0 atom stereocenters. The van der Waals surface area contributed by atoms with Gasteiger partial charge in [0, 0.05) is 30.7 Å². The lowest BCUT2D eigenvalue weighted by Gasteiger charge is -2.33. The summed E-state index contributed by atoms with van der Waals surface area (Å²) in [7, 11) is -1.76. The molecule has 1 aliphatic heterocycles. The zero-order chi connectivity index (χ0) is 18.5. The summed E-state index contributed by atoms with van der Waals surface area (Å²) in [4.78, 5) is 29.5. The summed E-state index contributed by atoms with van der Waals surface area (Å²) >= 11 is 0. The zero-order valence-corrected chi connectivity index (χ0v) is 16.4. The molecular formula is C19H28N3O3P. The van der Waals surface area contributed by atoms with Crippen LogP contribution < -0.4 is 9.64 Å². The third kappa shape index (κ3) is 5.03. The quantitative estimate of drug-likeness (QED) is 0.718. The van der Waals surface area contributed by atoms with Gasteiger partial charge in [0.25, 0.3) is 0 Å². The third-order valence-electron chi connectivity index (χ3n) is 4.82. The topological polar surface area (TPSA) is 78.7 Å². The van der Waals surface area contributed by atoms with Crippen LogP contribution in [-0.2, 0) is 0 Å². The first kappa shape index (κ1) is 19.3. The van der Waals surface area contributed by atoms with E-state index in [0.717, 1.165) is 54.8 Å². The largest absolute Gasteiger partial charge is 0.493 e. The van der Waals surface area contributed by atoms with Crippen LogP contribution in [0.4, 0.5) is 5.82 Å². The minimum absolute atomic E-state index is 0.487. The summed E-state index contributed by atoms with van der Waals surface area (Å²) in [5.74, 6) is 2.88. The molecule has 0 spiro atoms. The number of fused-ring (bicyclic) bond motifs is 1. The van der Waals surface area contributed by atoms with Gasteiger partial charge in [-0.05, 0) is 43.2 Å². The van der Waals surface area contributed by atoms with E-state index in [9.17, 15) is 0 Å². The van der Waals surface area contributed by atoms with Crippen LogP contribution in [0.15, 0.2) is 24.5 Å². The molecule has 1 aromatic heterocycles. The van der Waals surface area contributed by atoms with Crippen molar-refractivity contribution in [2.45, 2.75) is 33.1 Å². The van der Waals surface area contributed by atoms with Gasteiger partial charge in [0.05, 0.1) is 12.1 Å². The second-order valence-corrected chi connectivity index (χ2v) is 8.59. The summed E-state index contributed by atoms with van der Waals surface area (Å²) in [6.45, 7) is 6.84. The van der Waals surface area contributed by atoms with E-state index in [0.29, 0.717) is 24.6 Å². The lowest BCUT2D eigenvalue weighted by molar-refractivity contribution is 0.271. The van der Waals surface area contributed by atoms with Crippen molar-refractivity contribution < 1.29 is 14.5 Å². The third-order valence-corrected chi connectivity index (χ3v) is 5.48. The Morgan fingerprint density at radius 2 is 2.00 bits per heavy atom. The average Bonchev–Trinajstić information content (AvgIpc) is 2.64. The Morgan fingerprint density at radius 1 is 1.23 bits per heavy atom. The van der Waals surface area contributed by atoms with Gasteiger partial charge in [-0.25, -0.2) is 9.97 Å². The molecule has 2 N–H and O–H groups in total. The Labute approximate surface area is 156 Å². The van der Waals surface area contributed by atoms with Crippen LogP contribution in [0, 0.1) is 11.8 Å². The molecule has 2 heterocycles. The molecule has 7 heteroatoms. The average molecular weight is 377 g/mol. The molecule has 142 valence electrons. The lowest BCUT2D eigenvalue weighted by Crippen LogP contribution is -2.34. The van der Waals surface area contributed by atoms with Gasteiger partial charge in [-0.3, -0.25) is 0 Å². The molecule has 1 fully saturated rings. The zero-order valence-electron chi connectivity index (χ0n) is 15.5. The maximum atomic E-state index is 9.11. The Balaban J connectivity index is 1.68. The fourth-order valence-electron chi connectivity index (χ4n) is 3.36. The van der Waals surface area contributed by atoms with Crippen LogP contribution >= 0.6 is 8.38 Å². The van der Waals surface area contributed by atoms with Crippen LogP contribution in [0.1, 0.15) is 33.1 Å². The smallest absolute Gasteiger partial charge is 0.164 e. The van der Waals surface area contributed by atoms with Crippen LogP contribution in [0.2, 0.25) is 0 Å². The number of nitrogens with zero attached hydrogens (tertiary/aromatic N) is 3. The lowest BCUT2D eigenvalue weighted by atomic mass is 9.94. The van der Waals surface area contributed by atoms with Crippen molar-refractivity contribution in [3.8, 4) is 5.75 Å². The van der Waals surface area contributed by atoms with Gasteiger partial charge < -0.3 is 19.4 Å². The summed E-state index contributed by atoms with van der Waals surface area (Å²) in [5, 5.41) is 1.05. The number of aromatic nitrogens is 2. The fraction of sp³-hybridized carbons (Fsp3) is 0.579. The molecule has 1 aliphatic rings. The molecule has 2 aromatic rings. The van der Waals surface area contributed by atoms with Crippen molar-refractivity contribution in [1.29, 1.82) is 0 Å². The Kier molecular flexibility index (Phi) is 6.63. The van der Waals surface area contributed by atoms with Crippen molar-refractivity contribution in [2.75, 3.05) is 30.8 Å². The van der Waals surface area contributed by atoms with Gasteiger partial charge in [0.2, 0.25) is 0 Å². The molecule has 0 radical (unpaired) electrons. The molecule has 0 aliphatic carbocycles. The first-order valence-electron chi connectivity index (χ1n) is 9.30. The molecule has 1 saturated heterocycles. The number of anilines is 1. The maximum absolute atomic E-state index is 9.11. The van der Waals surface area contributed by atoms with E-state index in [-0.39, 0.29) is 0 Å². The molecule has 3 rings (SSSR count). The standard InChI is InChI=1S/C19H28N3O3P/c1-14(2)12-25-16-3-4-17-18(11-16)20-13-21-19(17)22-8-5-15(6-9-22)7-10-26(23)24/h3-4,11,13-15,23-24H,5-10,12H2,1-2H3. The highest BCUT2D eigenvalue weighted by atomic mass is 31.2. The van der Waals surface area contributed by atoms with Crippen LogP contribution in [-0.4, -0.2) is 45.6 Å². The van der Waals surface area contributed by atoms with Crippen molar-refractivity contribution in [1.82, 2.24) is 9.97 Å². The number of rotatable bonds is 7. The molecule has 0 saturated carbocycles. The van der Waals surface area contributed by atoms with Crippen LogP contribution in [0.3, 0.4) is 0 Å². The Morgan fingerprint density at radius 3 is 2.69 bits per heavy atom. The summed E-state index contributed by atoms with van der Waals surface area (Å²) in [6.07, 6.45) is 5.17. The number of benzene rings is 1. The van der Waals surface area contributed by atoms with E-state index in [4.69, 9.17) is 14.5 Å². The second kappa shape index (κ2) is 8.94. The van der Waals surface area contributed by atoms with E-state index in [1.54, 1.807) is 6.33 Å². The van der Waals surface area contributed by atoms with E-state index in [1.807, 2.05) is 12.1 Å². The number of hydrogen-bond acceptors (Lipinski definition) is 6. The van der Waals surface area contributed by atoms with Crippen molar-refractivity contribution in [3.63, 3.8) is 0 Å². The van der Waals surface area contributed by atoms with Crippen LogP contribution in [0.5, 0.6) is 5.75 Å². The maximum Gasteiger partial charge on any atom is 0.164 e. The minimum Gasteiger partial charge on any atom is -0.493 e. The van der Waals surface area contributed by atoms with E-state index in [2.05, 4.69) is 34.8 Å². The Hall–Kier alpha value is -1.49. The molecule has 26 heavy (non-hydrogen) atoms. The number of ether oxygens (including phenoxy) is 1. The van der Waals surface area contributed by atoms with Crippen LogP contribution in [0.25, 0.3) is 10.9 Å². The monoisotopic (exact) mass is 377 g/mol. The number of hydrogen-bond donors (Lipinski definition) is 2. The fourth-order valence-corrected chi connectivity index (χ4v) is 3.95. The van der Waals surface area contributed by atoms with Crippen molar-refractivity contribution in [3.05, 3.63) is 24.5 Å². The highest BCUT2D eigenvalue weighted by molar-refractivity contribution is 7.45. The predicted octanol–water partition coefficient (Wildman–Crippen LogP) is 3.57. The van der Waals surface area contributed by atoms with E-state index < -0.39 is 8.38 Å². The highest BCUT2D eigenvalue weighted by Crippen LogP contribution is 2.33. The predicted molar refractivity (Wildman–Crippen MR) is 106 cm³/mol. The van der Waals surface area contributed by atoms with Gasteiger partial charge >= 0.3 is 0 Å². The molecule has 0 unspecified atom stereocenters. The number of piperidine rings is 1. The molecular weight excluding hydrogens is 349 g/mol. The van der Waals surface area contributed by atoms with Gasteiger partial charge in [-0.2, -0.15) is 0 Å². The normalized spacial score (nSPS) is 16.0. The molecule has 6 nitrogen and oxygen atoms in total. The van der Waals surface area contributed by atoms with Crippen molar-refractivity contribution >= 4 is 25.1 Å². The summed E-state index contributed by atoms with van der Waals surface area (Å²) in [5.41, 5.74) is 0.907. The minimum atomic E-state index is -1.76.